The first-order valence-corrected chi connectivity index (χ1v) is 9.07. The summed E-state index contributed by atoms with van der Waals surface area (Å²) in [4.78, 5) is 32.8. The van der Waals surface area contributed by atoms with Gasteiger partial charge in [-0.15, -0.1) is 0 Å². The van der Waals surface area contributed by atoms with Crippen LogP contribution in [0.2, 0.25) is 0 Å². The predicted octanol–water partition coefficient (Wildman–Crippen LogP) is 1.62. The number of aryl methyl sites for hydroxylation is 1. The maximum Gasteiger partial charge on any atom is 0.227 e. The van der Waals surface area contributed by atoms with Crippen molar-refractivity contribution in [2.24, 2.45) is 7.05 Å². The number of carbonyl (C=O) groups excluding carboxylic acids is 2. The van der Waals surface area contributed by atoms with Crippen molar-refractivity contribution in [1.29, 1.82) is 0 Å². The number of hydrogen-bond acceptors (Lipinski definition) is 4. The summed E-state index contributed by atoms with van der Waals surface area (Å²) < 4.78 is 7.23. The Labute approximate surface area is 157 Å². The molecular weight excluding hydrogens is 344 g/mol. The van der Waals surface area contributed by atoms with E-state index in [4.69, 9.17) is 4.42 Å². The molecule has 1 aliphatic heterocycles. The number of piperazine rings is 1. The molecule has 3 heterocycles. The Morgan fingerprint density at radius 3 is 2.30 bits per heavy atom. The van der Waals surface area contributed by atoms with Crippen LogP contribution in [0.5, 0.6) is 0 Å². The summed E-state index contributed by atoms with van der Waals surface area (Å²) in [7, 11) is 1.94. The van der Waals surface area contributed by atoms with Gasteiger partial charge in [-0.2, -0.15) is 0 Å². The van der Waals surface area contributed by atoms with Gasteiger partial charge in [-0.05, 0) is 29.3 Å². The Morgan fingerprint density at radius 2 is 1.67 bits per heavy atom. The first-order valence-electron chi connectivity index (χ1n) is 9.07. The van der Waals surface area contributed by atoms with Gasteiger partial charge in [-0.25, -0.2) is 4.98 Å². The zero-order valence-corrected chi connectivity index (χ0v) is 15.3. The fourth-order valence-electron chi connectivity index (χ4n) is 3.45. The van der Waals surface area contributed by atoms with Crippen LogP contribution >= 0.6 is 0 Å². The maximum atomic E-state index is 12.6. The molecule has 2 aromatic heterocycles. The van der Waals surface area contributed by atoms with Crippen LogP contribution in [0.1, 0.15) is 11.1 Å². The van der Waals surface area contributed by atoms with Gasteiger partial charge in [0.2, 0.25) is 11.8 Å². The number of rotatable bonds is 4. The van der Waals surface area contributed by atoms with Gasteiger partial charge in [0.1, 0.15) is 5.52 Å². The molecule has 4 rings (SSSR count). The highest BCUT2D eigenvalue weighted by atomic mass is 16.3. The summed E-state index contributed by atoms with van der Waals surface area (Å²) in [6.07, 6.45) is 6.04. The van der Waals surface area contributed by atoms with Crippen molar-refractivity contribution in [2.75, 3.05) is 26.2 Å². The minimum absolute atomic E-state index is 0.0732. The Bertz CT molecular complexity index is 966. The minimum atomic E-state index is 0.0732. The van der Waals surface area contributed by atoms with Crippen LogP contribution in [-0.4, -0.2) is 57.3 Å². The molecule has 7 nitrogen and oxygen atoms in total. The van der Waals surface area contributed by atoms with Crippen LogP contribution in [-0.2, 0) is 29.5 Å². The van der Waals surface area contributed by atoms with E-state index in [0.717, 1.165) is 16.6 Å². The topological polar surface area (TPSA) is 71.6 Å². The third-order valence-electron chi connectivity index (χ3n) is 4.98. The second-order valence-corrected chi connectivity index (χ2v) is 6.95. The van der Waals surface area contributed by atoms with E-state index in [9.17, 15) is 9.59 Å². The van der Waals surface area contributed by atoms with E-state index >= 15 is 0 Å². The first kappa shape index (κ1) is 17.3. The van der Waals surface area contributed by atoms with Crippen molar-refractivity contribution in [3.63, 3.8) is 0 Å². The van der Waals surface area contributed by atoms with E-state index in [-0.39, 0.29) is 11.8 Å². The molecule has 0 saturated carbocycles. The molecule has 0 radical (unpaired) electrons. The highest BCUT2D eigenvalue weighted by Crippen LogP contribution is 2.16. The molecule has 0 aliphatic carbocycles. The van der Waals surface area contributed by atoms with E-state index in [1.165, 1.54) is 6.39 Å². The molecule has 7 heteroatoms. The largest absolute Gasteiger partial charge is 0.443 e. The quantitative estimate of drug-likeness (QED) is 0.704. The number of carbonyl (C=O) groups is 2. The molecule has 0 N–H and O–H groups in total. The Balaban J connectivity index is 1.30. The van der Waals surface area contributed by atoms with Crippen LogP contribution in [0.25, 0.3) is 11.1 Å². The van der Waals surface area contributed by atoms with Crippen LogP contribution in [0.4, 0.5) is 0 Å². The van der Waals surface area contributed by atoms with Gasteiger partial charge in [0.15, 0.2) is 12.0 Å². The Kier molecular flexibility index (Phi) is 4.66. The SMILES string of the molecule is Cn1ccc(CC(=O)N2CCN(C(=O)Cc3ccc4ncoc4c3)CC2)c1. The molecule has 0 bridgehead atoms. The van der Waals surface area contributed by atoms with Crippen molar-refractivity contribution in [3.8, 4) is 0 Å². The molecule has 27 heavy (non-hydrogen) atoms. The zero-order valence-electron chi connectivity index (χ0n) is 15.3. The second-order valence-electron chi connectivity index (χ2n) is 6.95. The van der Waals surface area contributed by atoms with E-state index < -0.39 is 0 Å². The summed E-state index contributed by atoms with van der Waals surface area (Å²) in [6.45, 7) is 2.31. The molecule has 1 aromatic carbocycles. The third-order valence-corrected chi connectivity index (χ3v) is 4.98. The summed E-state index contributed by atoms with van der Waals surface area (Å²) in [5, 5.41) is 0. The normalized spacial score (nSPS) is 14.7. The van der Waals surface area contributed by atoms with E-state index in [1.54, 1.807) is 0 Å². The lowest BCUT2D eigenvalue weighted by atomic mass is 10.1. The van der Waals surface area contributed by atoms with Crippen molar-refractivity contribution < 1.29 is 14.0 Å². The molecule has 0 atom stereocenters. The average Bonchev–Trinajstić information content (AvgIpc) is 3.30. The van der Waals surface area contributed by atoms with Gasteiger partial charge in [0.25, 0.3) is 0 Å². The zero-order chi connectivity index (χ0) is 18.8. The van der Waals surface area contributed by atoms with Gasteiger partial charge in [0.05, 0.1) is 12.8 Å². The van der Waals surface area contributed by atoms with Gasteiger partial charge in [0, 0.05) is 45.6 Å². The predicted molar refractivity (Wildman–Crippen MR) is 100.0 cm³/mol. The van der Waals surface area contributed by atoms with Crippen LogP contribution in [0, 0.1) is 0 Å². The third kappa shape index (κ3) is 3.86. The lowest BCUT2D eigenvalue weighted by Crippen LogP contribution is -2.51. The fourth-order valence-corrected chi connectivity index (χ4v) is 3.45. The average molecular weight is 366 g/mol. The smallest absolute Gasteiger partial charge is 0.227 e. The van der Waals surface area contributed by atoms with Crippen molar-refractivity contribution >= 4 is 22.9 Å². The lowest BCUT2D eigenvalue weighted by molar-refractivity contribution is -0.138. The number of hydrogen-bond donors (Lipinski definition) is 0. The molecule has 2 amide bonds. The second kappa shape index (κ2) is 7.26. The number of amides is 2. The van der Waals surface area contributed by atoms with Crippen molar-refractivity contribution in [3.05, 3.63) is 54.2 Å². The van der Waals surface area contributed by atoms with Crippen molar-refractivity contribution in [1.82, 2.24) is 19.4 Å². The highest BCUT2D eigenvalue weighted by molar-refractivity contribution is 5.82. The molecule has 0 unspecified atom stereocenters. The Hall–Kier alpha value is -3.09. The number of aromatic nitrogens is 2. The molecule has 140 valence electrons. The van der Waals surface area contributed by atoms with Crippen LogP contribution in [0.15, 0.2) is 47.5 Å². The molecule has 3 aromatic rings. The number of fused-ring (bicyclic) bond motifs is 1. The lowest BCUT2D eigenvalue weighted by Gasteiger charge is -2.35. The van der Waals surface area contributed by atoms with Gasteiger partial charge >= 0.3 is 0 Å². The first-order chi connectivity index (χ1) is 13.1. The van der Waals surface area contributed by atoms with Gasteiger partial charge in [-0.1, -0.05) is 6.07 Å². The van der Waals surface area contributed by atoms with E-state index in [1.807, 2.05) is 58.1 Å². The van der Waals surface area contributed by atoms with Crippen molar-refractivity contribution in [2.45, 2.75) is 12.8 Å². The molecule has 1 saturated heterocycles. The number of benzene rings is 1. The standard InChI is InChI=1S/C20H22N4O3/c1-22-5-4-16(13-22)12-20(26)24-8-6-23(7-9-24)19(25)11-15-2-3-17-18(10-15)27-14-21-17/h2-5,10,13-14H,6-9,11-12H2,1H3. The fraction of sp³-hybridized carbons (Fsp3) is 0.350. The molecular formula is C20H22N4O3. The number of oxazole rings is 1. The summed E-state index contributed by atoms with van der Waals surface area (Å²) in [5.74, 6) is 0.188. The van der Waals surface area contributed by atoms with E-state index in [0.29, 0.717) is 44.6 Å². The highest BCUT2D eigenvalue weighted by Gasteiger charge is 2.24. The van der Waals surface area contributed by atoms with Gasteiger partial charge in [-0.3, -0.25) is 9.59 Å². The summed E-state index contributed by atoms with van der Waals surface area (Å²) >= 11 is 0. The van der Waals surface area contributed by atoms with E-state index in [2.05, 4.69) is 4.98 Å². The molecule has 0 spiro atoms. The van der Waals surface area contributed by atoms with Crippen LogP contribution < -0.4 is 0 Å². The molecule has 1 aliphatic rings. The minimum Gasteiger partial charge on any atom is -0.443 e. The summed E-state index contributed by atoms with van der Waals surface area (Å²) in [6, 6.07) is 7.59. The van der Waals surface area contributed by atoms with Gasteiger partial charge < -0.3 is 18.8 Å². The number of nitrogens with zero attached hydrogens (tertiary/aromatic N) is 4. The van der Waals surface area contributed by atoms with Crippen LogP contribution in [0.3, 0.4) is 0 Å². The Morgan fingerprint density at radius 1 is 1.00 bits per heavy atom. The summed E-state index contributed by atoms with van der Waals surface area (Å²) in [5.41, 5.74) is 3.41. The monoisotopic (exact) mass is 366 g/mol. The maximum absolute atomic E-state index is 12.6. The molecule has 1 fully saturated rings.